The van der Waals surface area contributed by atoms with Gasteiger partial charge in [0.25, 0.3) is 0 Å². The third-order valence-electron chi connectivity index (χ3n) is 0.764. The van der Waals surface area contributed by atoms with Gasteiger partial charge in [-0.3, -0.25) is 4.79 Å². The van der Waals surface area contributed by atoms with Gasteiger partial charge in [0.05, 0.1) is 12.4 Å². The van der Waals surface area contributed by atoms with Crippen molar-refractivity contribution >= 4 is 5.91 Å². The van der Waals surface area contributed by atoms with E-state index in [1.54, 1.807) is 0 Å². The first-order valence-electron chi connectivity index (χ1n) is 2.41. The van der Waals surface area contributed by atoms with Crippen LogP contribution in [0.5, 0.6) is 0 Å². The summed E-state index contributed by atoms with van der Waals surface area (Å²) in [5.74, 6) is -0.439. The summed E-state index contributed by atoms with van der Waals surface area (Å²) >= 11 is 0. The van der Waals surface area contributed by atoms with Crippen molar-refractivity contribution in [1.82, 2.24) is 15.0 Å². The van der Waals surface area contributed by atoms with Gasteiger partial charge in [0.15, 0.2) is 0 Å². The number of rotatable bonds is 2. The molecule has 0 saturated heterocycles. The Morgan fingerprint density at radius 3 is 2.56 bits per heavy atom. The molecule has 1 aromatic rings. The molecule has 0 bridgehead atoms. The number of aromatic nitrogens is 3. The molecule has 0 atom stereocenters. The molecule has 1 heterocycles. The van der Waals surface area contributed by atoms with Gasteiger partial charge >= 0.3 is 0 Å². The number of carbonyl (C=O) groups excluding carboxylic acids is 1. The monoisotopic (exact) mass is 126 g/mol. The maximum absolute atomic E-state index is 10.2. The summed E-state index contributed by atoms with van der Waals surface area (Å²) in [5, 5.41) is 7.32. The molecule has 0 saturated carbocycles. The van der Waals surface area contributed by atoms with E-state index in [0.717, 1.165) is 0 Å². The fraction of sp³-hybridized carbons (Fsp3) is 0.250. The van der Waals surface area contributed by atoms with Gasteiger partial charge in [-0.05, 0) is 0 Å². The molecule has 0 unspecified atom stereocenters. The van der Waals surface area contributed by atoms with Crippen molar-refractivity contribution < 1.29 is 4.79 Å². The molecule has 0 aliphatic carbocycles. The van der Waals surface area contributed by atoms with Crippen LogP contribution in [0.2, 0.25) is 0 Å². The van der Waals surface area contributed by atoms with Crippen molar-refractivity contribution in [2.75, 3.05) is 0 Å². The molecule has 0 spiro atoms. The summed E-state index contributed by atoms with van der Waals surface area (Å²) in [7, 11) is 0. The van der Waals surface area contributed by atoms with Gasteiger partial charge < -0.3 is 5.73 Å². The van der Waals surface area contributed by atoms with Crippen molar-refractivity contribution in [1.29, 1.82) is 0 Å². The van der Waals surface area contributed by atoms with E-state index in [1.807, 2.05) is 0 Å². The number of nitrogens with two attached hydrogens (primary N) is 1. The quantitative estimate of drug-likeness (QED) is 0.538. The molecule has 2 N–H and O–H groups in total. The Labute approximate surface area is 51.5 Å². The Morgan fingerprint density at radius 2 is 2.11 bits per heavy atom. The lowest BCUT2D eigenvalue weighted by Crippen LogP contribution is -2.20. The van der Waals surface area contributed by atoms with E-state index in [-0.39, 0.29) is 6.54 Å². The van der Waals surface area contributed by atoms with Crippen LogP contribution in [0.1, 0.15) is 0 Å². The minimum absolute atomic E-state index is 0.0486. The molecule has 48 valence electrons. The van der Waals surface area contributed by atoms with Gasteiger partial charge in [-0.1, -0.05) is 0 Å². The van der Waals surface area contributed by atoms with Crippen molar-refractivity contribution in [2.24, 2.45) is 5.73 Å². The van der Waals surface area contributed by atoms with E-state index >= 15 is 0 Å². The minimum Gasteiger partial charge on any atom is -0.368 e. The Morgan fingerprint density at radius 1 is 1.56 bits per heavy atom. The molecule has 0 aromatic carbocycles. The molecule has 0 fully saturated rings. The topological polar surface area (TPSA) is 73.8 Å². The summed E-state index contributed by atoms with van der Waals surface area (Å²) in [6.45, 7) is 0.0486. The van der Waals surface area contributed by atoms with E-state index in [4.69, 9.17) is 5.73 Å². The minimum atomic E-state index is -0.439. The maximum Gasteiger partial charge on any atom is 0.241 e. The molecule has 9 heavy (non-hydrogen) atoms. The van der Waals surface area contributed by atoms with Crippen LogP contribution in [0.3, 0.4) is 0 Å². The number of carbonyl (C=O) groups is 1. The first-order chi connectivity index (χ1) is 4.29. The Balaban J connectivity index is 2.58. The largest absolute Gasteiger partial charge is 0.368 e. The number of nitrogens with zero attached hydrogens (tertiary/aromatic N) is 3. The van der Waals surface area contributed by atoms with Gasteiger partial charge in [0.1, 0.15) is 6.54 Å². The molecule has 5 heteroatoms. The molecular formula is C4H6N4O. The fourth-order valence-corrected chi connectivity index (χ4v) is 0.464. The van der Waals surface area contributed by atoms with Gasteiger partial charge in [0.2, 0.25) is 5.91 Å². The first-order valence-corrected chi connectivity index (χ1v) is 2.41. The zero-order chi connectivity index (χ0) is 6.69. The highest BCUT2D eigenvalue weighted by Gasteiger charge is 1.94. The second-order valence-electron chi connectivity index (χ2n) is 1.53. The van der Waals surface area contributed by atoms with Gasteiger partial charge in [-0.15, -0.1) is 0 Å². The maximum atomic E-state index is 10.2. The molecular weight excluding hydrogens is 120 g/mol. The third kappa shape index (κ3) is 1.52. The lowest BCUT2D eigenvalue weighted by Gasteiger charge is -1.90. The summed E-state index contributed by atoms with van der Waals surface area (Å²) in [5.41, 5.74) is 4.84. The highest BCUT2D eigenvalue weighted by molar-refractivity contribution is 5.73. The normalized spacial score (nSPS) is 9.33. The molecule has 1 amide bonds. The highest BCUT2D eigenvalue weighted by atomic mass is 16.1. The third-order valence-corrected chi connectivity index (χ3v) is 0.764. The zero-order valence-electron chi connectivity index (χ0n) is 4.69. The Kier molecular flexibility index (Phi) is 1.44. The lowest BCUT2D eigenvalue weighted by atomic mass is 10.6. The van der Waals surface area contributed by atoms with Gasteiger partial charge in [-0.2, -0.15) is 15.0 Å². The first kappa shape index (κ1) is 5.74. The van der Waals surface area contributed by atoms with Crippen molar-refractivity contribution in [3.63, 3.8) is 0 Å². The summed E-state index contributed by atoms with van der Waals surface area (Å²) < 4.78 is 0. The van der Waals surface area contributed by atoms with Crippen molar-refractivity contribution in [3.05, 3.63) is 12.4 Å². The van der Waals surface area contributed by atoms with Crippen molar-refractivity contribution in [2.45, 2.75) is 6.54 Å². The van der Waals surface area contributed by atoms with Crippen LogP contribution >= 0.6 is 0 Å². The van der Waals surface area contributed by atoms with E-state index in [0.29, 0.717) is 0 Å². The lowest BCUT2D eigenvalue weighted by molar-refractivity contribution is -0.118. The molecule has 0 aliphatic rings. The summed E-state index contributed by atoms with van der Waals surface area (Å²) in [6.07, 6.45) is 2.98. The molecule has 5 nitrogen and oxygen atoms in total. The average molecular weight is 126 g/mol. The average Bonchev–Trinajstić information content (AvgIpc) is 2.15. The van der Waals surface area contributed by atoms with E-state index in [9.17, 15) is 4.79 Å². The number of hydrogen-bond donors (Lipinski definition) is 1. The standard InChI is InChI=1S/C4H6N4O/c5-4(9)3-8-6-1-2-7-8/h1-2H,3H2,(H2,5,9). The Bertz CT molecular complexity index is 192. The highest BCUT2D eigenvalue weighted by Crippen LogP contribution is 1.74. The Hall–Kier alpha value is -1.39. The van der Waals surface area contributed by atoms with E-state index in [2.05, 4.69) is 10.2 Å². The number of hydrogen-bond acceptors (Lipinski definition) is 3. The second-order valence-corrected chi connectivity index (χ2v) is 1.53. The van der Waals surface area contributed by atoms with Crippen LogP contribution in [0.25, 0.3) is 0 Å². The van der Waals surface area contributed by atoms with Crippen LogP contribution in [0.15, 0.2) is 12.4 Å². The van der Waals surface area contributed by atoms with E-state index < -0.39 is 5.91 Å². The van der Waals surface area contributed by atoms with Crippen LogP contribution in [-0.4, -0.2) is 20.9 Å². The predicted molar refractivity (Wildman–Crippen MR) is 29.2 cm³/mol. The van der Waals surface area contributed by atoms with E-state index in [1.165, 1.54) is 17.2 Å². The van der Waals surface area contributed by atoms with Crippen molar-refractivity contribution in [3.8, 4) is 0 Å². The summed E-state index contributed by atoms with van der Waals surface area (Å²) in [6, 6.07) is 0. The predicted octanol–water partition coefficient (Wildman–Crippen LogP) is -1.24. The van der Waals surface area contributed by atoms with Crippen LogP contribution < -0.4 is 5.73 Å². The summed E-state index contributed by atoms with van der Waals surface area (Å²) in [4.78, 5) is 11.4. The SMILES string of the molecule is NC(=O)Cn1nccn1. The molecule has 1 aromatic heterocycles. The smallest absolute Gasteiger partial charge is 0.241 e. The van der Waals surface area contributed by atoms with Crippen LogP contribution in [-0.2, 0) is 11.3 Å². The second kappa shape index (κ2) is 2.25. The van der Waals surface area contributed by atoms with Gasteiger partial charge in [-0.25, -0.2) is 0 Å². The number of primary amides is 1. The molecule has 0 radical (unpaired) electrons. The number of amides is 1. The molecule has 1 rings (SSSR count). The van der Waals surface area contributed by atoms with Crippen LogP contribution in [0, 0.1) is 0 Å². The van der Waals surface area contributed by atoms with Crippen LogP contribution in [0.4, 0.5) is 0 Å². The zero-order valence-corrected chi connectivity index (χ0v) is 4.69. The fourth-order valence-electron chi connectivity index (χ4n) is 0.464. The molecule has 0 aliphatic heterocycles. The van der Waals surface area contributed by atoms with Gasteiger partial charge in [0, 0.05) is 0 Å².